The Balaban J connectivity index is 1.32. The zero-order valence-corrected chi connectivity index (χ0v) is 46.3. The van der Waals surface area contributed by atoms with Crippen molar-refractivity contribution in [3.05, 3.63) is 6.54 Å². The predicted octanol–water partition coefficient (Wildman–Crippen LogP) is 0.330. The molecule has 6 N–H and O–H groups in total. The first-order valence-corrected chi connectivity index (χ1v) is 28.7. The van der Waals surface area contributed by atoms with E-state index in [9.17, 15) is 30.6 Å². The van der Waals surface area contributed by atoms with Crippen LogP contribution < -0.4 is 0 Å². The van der Waals surface area contributed by atoms with E-state index in [0.717, 1.165) is 171 Å². The lowest BCUT2D eigenvalue weighted by Crippen LogP contribution is -2.56. The SMILES string of the molecule is C[N+]1(CC(O)COCC(OCC(O)C[N+]2(C)CCCC2)C(OCC(O)C[N+]2(C)CCCC2)C(OCC(O)C[N+]2(C)CCCC2)C(COCC(O)C[N+]2(C)CCCC2)OCC(O)C[N+]2(C)CCCC2)[CH-]CCC1. The molecular weight excluding hydrogens is 925 g/mol. The van der Waals surface area contributed by atoms with Gasteiger partial charge in [-0.05, 0) is 6.42 Å². The lowest BCUT2D eigenvalue weighted by Gasteiger charge is -2.41. The van der Waals surface area contributed by atoms with Gasteiger partial charge in [0.1, 0.15) is 93.8 Å². The Kier molecular flexibility index (Phi) is 23.7. The number of aliphatic hydroxyl groups excluding tert-OH is 6. The lowest BCUT2D eigenvalue weighted by molar-refractivity contribution is -0.900. The Hall–Kier alpha value is -0.720. The molecule has 0 bridgehead atoms. The van der Waals surface area contributed by atoms with Gasteiger partial charge in [0.2, 0.25) is 0 Å². The second-order valence-electron chi connectivity index (χ2n) is 25.8. The third kappa shape index (κ3) is 19.9. The standard InChI is InChI=1S/C54H109N6O12/c1-55(19-7-8-20-55)31-45(61)37-67-43-51(69-39-47(63)33-57(3)23-11-12-24-57)53(71-41-49(65)35-59(5)27-15-16-28-59)54(72-42-50(66)36-60(6)29-17-18-30-60)52(70-40-48(64)34-58(4)25-13-14-26-58)44-68-38-46(62)32-56(2)21-9-10-22-56/h19,45-54,61-66H,7-18,20-44H2,1-6H3/q+5. The second kappa shape index (κ2) is 28.2. The fourth-order valence-electron chi connectivity index (χ4n) is 13.7. The Labute approximate surface area is 435 Å². The van der Waals surface area contributed by atoms with Gasteiger partial charge in [-0.1, -0.05) is 0 Å². The third-order valence-electron chi connectivity index (χ3n) is 17.8. The number of hydrogen-bond acceptors (Lipinski definition) is 12. The van der Waals surface area contributed by atoms with E-state index in [2.05, 4.69) is 48.8 Å². The molecule has 0 radical (unpaired) electrons. The molecule has 0 aromatic rings. The van der Waals surface area contributed by atoms with Crippen molar-refractivity contribution >= 4 is 0 Å². The fraction of sp³-hybridized carbons (Fsp3) is 0.981. The van der Waals surface area contributed by atoms with Crippen LogP contribution in [0, 0.1) is 6.54 Å². The van der Waals surface area contributed by atoms with Gasteiger partial charge in [0.25, 0.3) is 0 Å². The van der Waals surface area contributed by atoms with E-state index < -0.39 is 61.0 Å². The van der Waals surface area contributed by atoms with Gasteiger partial charge in [-0.15, -0.1) is 13.0 Å². The zero-order valence-electron chi connectivity index (χ0n) is 46.3. The Morgan fingerprint density at radius 3 is 0.861 bits per heavy atom. The summed E-state index contributed by atoms with van der Waals surface area (Å²) in [6.45, 7) is 16.2. The molecular formula is C54H109N6O12+5. The average molecular weight is 1030 g/mol. The first kappa shape index (κ1) is 60.5. The number of hydrogen-bond donors (Lipinski definition) is 6. The van der Waals surface area contributed by atoms with E-state index in [-0.39, 0.29) is 52.9 Å². The van der Waals surface area contributed by atoms with E-state index in [4.69, 9.17) is 28.4 Å². The highest BCUT2D eigenvalue weighted by Crippen LogP contribution is 2.27. The van der Waals surface area contributed by atoms with E-state index in [1.54, 1.807) is 0 Å². The van der Waals surface area contributed by atoms with Crippen LogP contribution in [-0.2, 0) is 28.4 Å². The van der Waals surface area contributed by atoms with Gasteiger partial charge in [-0.3, -0.25) is 0 Å². The van der Waals surface area contributed by atoms with Crippen LogP contribution in [0.5, 0.6) is 0 Å². The minimum Gasteiger partial charge on any atom is -0.455 e. The second-order valence-corrected chi connectivity index (χ2v) is 25.8. The minimum absolute atomic E-state index is 0.0145. The van der Waals surface area contributed by atoms with Crippen LogP contribution >= 0.6 is 0 Å². The van der Waals surface area contributed by atoms with Gasteiger partial charge in [0.05, 0.1) is 167 Å². The van der Waals surface area contributed by atoms with Gasteiger partial charge in [0, 0.05) is 71.3 Å². The lowest BCUT2D eigenvalue weighted by atomic mass is 10.0. The molecule has 18 nitrogen and oxygen atoms in total. The van der Waals surface area contributed by atoms with Crippen LogP contribution in [0.3, 0.4) is 0 Å². The molecule has 11 unspecified atom stereocenters. The number of likely N-dealkylation sites (N-methyl/N-ethyl adjacent to an activating group) is 6. The molecule has 6 heterocycles. The summed E-state index contributed by atoms with van der Waals surface area (Å²) in [5.74, 6) is 0. The van der Waals surface area contributed by atoms with Crippen LogP contribution in [0.25, 0.3) is 0 Å². The maximum Gasteiger partial charge on any atom is 0.126 e. The van der Waals surface area contributed by atoms with Gasteiger partial charge in [0.15, 0.2) is 0 Å². The van der Waals surface area contributed by atoms with Crippen molar-refractivity contribution in [2.24, 2.45) is 0 Å². The number of quaternary nitrogens is 6. The van der Waals surface area contributed by atoms with E-state index >= 15 is 0 Å². The van der Waals surface area contributed by atoms with Crippen molar-refractivity contribution in [3.63, 3.8) is 0 Å². The summed E-state index contributed by atoms with van der Waals surface area (Å²) in [4.78, 5) is 0. The first-order valence-electron chi connectivity index (χ1n) is 28.7. The van der Waals surface area contributed by atoms with Crippen LogP contribution in [0.1, 0.15) is 77.0 Å². The molecule has 0 spiro atoms. The van der Waals surface area contributed by atoms with Crippen molar-refractivity contribution in [1.29, 1.82) is 0 Å². The van der Waals surface area contributed by atoms with E-state index in [0.29, 0.717) is 43.8 Å². The average Bonchev–Trinajstić information content (AvgIpc) is 4.20. The monoisotopic (exact) mass is 1030 g/mol. The number of nitrogens with zero attached hydrogens (tertiary/aromatic N) is 6. The molecule has 0 aromatic carbocycles. The summed E-state index contributed by atoms with van der Waals surface area (Å²) < 4.78 is 45.0. The molecule has 0 aliphatic carbocycles. The van der Waals surface area contributed by atoms with E-state index in [1.165, 1.54) is 0 Å². The van der Waals surface area contributed by atoms with Gasteiger partial charge in [-0.25, -0.2) is 0 Å². The maximum atomic E-state index is 11.8. The predicted molar refractivity (Wildman–Crippen MR) is 276 cm³/mol. The summed E-state index contributed by atoms with van der Waals surface area (Å²) in [6.07, 6.45) is 4.72. The Morgan fingerprint density at radius 1 is 0.319 bits per heavy atom. The topological polar surface area (TPSA) is 177 Å². The van der Waals surface area contributed by atoms with Crippen molar-refractivity contribution < 1.29 is 86.0 Å². The molecule has 0 amide bonds. The van der Waals surface area contributed by atoms with E-state index in [1.807, 2.05) is 0 Å². The number of rotatable bonds is 35. The summed E-state index contributed by atoms with van der Waals surface area (Å²) in [5, 5.41) is 69.8. The fourth-order valence-corrected chi connectivity index (χ4v) is 13.7. The number of likely N-dealkylation sites (tertiary alicyclic amines) is 6. The van der Waals surface area contributed by atoms with Gasteiger partial charge in [-0.2, -0.15) is 0 Å². The van der Waals surface area contributed by atoms with Crippen molar-refractivity contribution in [1.82, 2.24) is 0 Å². The molecule has 72 heavy (non-hydrogen) atoms. The molecule has 6 fully saturated rings. The summed E-state index contributed by atoms with van der Waals surface area (Å²) in [6, 6.07) is 0. The molecule has 6 rings (SSSR count). The summed E-state index contributed by atoms with van der Waals surface area (Å²) in [5.41, 5.74) is 0. The maximum absolute atomic E-state index is 11.8. The van der Waals surface area contributed by atoms with Gasteiger partial charge >= 0.3 is 0 Å². The first-order chi connectivity index (χ1) is 34.2. The smallest absolute Gasteiger partial charge is 0.126 e. The number of ether oxygens (including phenoxy) is 6. The van der Waals surface area contributed by atoms with Crippen LogP contribution in [0.2, 0.25) is 0 Å². The minimum atomic E-state index is -1.00. The highest BCUT2D eigenvalue weighted by molar-refractivity contribution is 4.88. The summed E-state index contributed by atoms with van der Waals surface area (Å²) in [7, 11) is 13.0. The van der Waals surface area contributed by atoms with Gasteiger partial charge < -0.3 is 86.0 Å². The Morgan fingerprint density at radius 2 is 0.583 bits per heavy atom. The molecule has 18 heteroatoms. The Bertz CT molecular complexity index is 1410. The molecule has 422 valence electrons. The molecule has 11 atom stereocenters. The molecule has 6 saturated heterocycles. The summed E-state index contributed by atoms with van der Waals surface area (Å²) >= 11 is 0. The molecule has 6 aliphatic heterocycles. The normalized spacial score (nSPS) is 28.7. The largest absolute Gasteiger partial charge is 0.455 e. The number of aliphatic hydroxyl groups is 6. The highest BCUT2D eigenvalue weighted by atomic mass is 16.6. The van der Waals surface area contributed by atoms with Crippen LogP contribution in [0.15, 0.2) is 0 Å². The third-order valence-corrected chi connectivity index (χ3v) is 17.8. The molecule has 6 aliphatic rings. The van der Waals surface area contributed by atoms with Crippen molar-refractivity contribution in [2.45, 2.75) is 138 Å². The van der Waals surface area contributed by atoms with Crippen LogP contribution in [-0.4, -0.2) is 325 Å². The molecule has 0 aromatic heterocycles. The highest BCUT2D eigenvalue weighted by Gasteiger charge is 2.43. The quantitative estimate of drug-likeness (QED) is 0.0380. The zero-order chi connectivity index (χ0) is 51.9. The molecule has 0 saturated carbocycles. The van der Waals surface area contributed by atoms with Crippen LogP contribution in [0.4, 0.5) is 0 Å². The van der Waals surface area contributed by atoms with Crippen molar-refractivity contribution in [3.8, 4) is 0 Å². The van der Waals surface area contributed by atoms with Crippen molar-refractivity contribution in [2.75, 3.05) is 206 Å².